The summed E-state index contributed by atoms with van der Waals surface area (Å²) in [5, 5.41) is 28.4. The van der Waals surface area contributed by atoms with E-state index in [1.165, 1.54) is 36.4 Å². The maximum atomic E-state index is 12.1. The maximum absolute atomic E-state index is 12.1. The van der Waals surface area contributed by atoms with Gasteiger partial charge in [-0.2, -0.15) is 10.5 Å². The lowest BCUT2D eigenvalue weighted by Crippen LogP contribution is -2.09. The van der Waals surface area contributed by atoms with E-state index in [2.05, 4.69) is 0 Å². The standard InChI is InChI=1S/C18H11N3O4/c1-12-2-5-15(9-17(12)21(23)24)18(22)25-16-6-3-13(4-7-16)8-14(10-19)11-20/h2-9H,1H3. The van der Waals surface area contributed by atoms with Crippen LogP contribution in [0.15, 0.2) is 48.0 Å². The molecule has 0 spiro atoms. The topological polar surface area (TPSA) is 117 Å². The summed E-state index contributed by atoms with van der Waals surface area (Å²) in [6, 6.07) is 13.7. The van der Waals surface area contributed by atoms with Gasteiger partial charge in [-0.1, -0.05) is 18.2 Å². The number of carbonyl (C=O) groups is 1. The van der Waals surface area contributed by atoms with Crippen molar-refractivity contribution in [3.8, 4) is 17.9 Å². The van der Waals surface area contributed by atoms with Crippen molar-refractivity contribution in [3.63, 3.8) is 0 Å². The number of ether oxygens (including phenoxy) is 1. The van der Waals surface area contributed by atoms with E-state index in [-0.39, 0.29) is 22.6 Å². The fourth-order valence-electron chi connectivity index (χ4n) is 1.99. The number of benzene rings is 2. The molecule has 25 heavy (non-hydrogen) atoms. The highest BCUT2D eigenvalue weighted by molar-refractivity contribution is 5.92. The van der Waals surface area contributed by atoms with Crippen LogP contribution in [0.1, 0.15) is 21.5 Å². The summed E-state index contributed by atoms with van der Waals surface area (Å²) < 4.78 is 5.18. The summed E-state index contributed by atoms with van der Waals surface area (Å²) in [5.74, 6) is -0.484. The number of allylic oxidation sites excluding steroid dienone is 1. The highest BCUT2D eigenvalue weighted by atomic mass is 16.6. The zero-order valence-electron chi connectivity index (χ0n) is 13.1. The average molecular weight is 333 g/mol. The second kappa shape index (κ2) is 7.53. The minimum atomic E-state index is -0.721. The summed E-state index contributed by atoms with van der Waals surface area (Å²) in [4.78, 5) is 22.5. The fraction of sp³-hybridized carbons (Fsp3) is 0.0556. The smallest absolute Gasteiger partial charge is 0.343 e. The molecule has 0 saturated heterocycles. The molecule has 0 atom stereocenters. The Morgan fingerprint density at radius 1 is 1.16 bits per heavy atom. The van der Waals surface area contributed by atoms with E-state index < -0.39 is 10.9 Å². The molecule has 2 aromatic rings. The number of hydrogen-bond donors (Lipinski definition) is 0. The molecule has 7 nitrogen and oxygen atoms in total. The molecule has 0 radical (unpaired) electrons. The molecule has 0 N–H and O–H groups in total. The third-order valence-electron chi connectivity index (χ3n) is 3.28. The van der Waals surface area contributed by atoms with E-state index >= 15 is 0 Å². The zero-order valence-corrected chi connectivity index (χ0v) is 13.1. The molecule has 0 heterocycles. The van der Waals surface area contributed by atoms with Crippen molar-refractivity contribution >= 4 is 17.7 Å². The van der Waals surface area contributed by atoms with Gasteiger partial charge in [-0.15, -0.1) is 0 Å². The predicted molar refractivity (Wildman–Crippen MR) is 88.4 cm³/mol. The Kier molecular flexibility index (Phi) is 5.24. The molecule has 2 rings (SSSR count). The number of nitrogens with zero attached hydrogens (tertiary/aromatic N) is 3. The number of rotatable bonds is 4. The molecular formula is C18H11N3O4. The monoisotopic (exact) mass is 333 g/mol. The van der Waals surface area contributed by atoms with Crippen LogP contribution in [0.4, 0.5) is 5.69 Å². The van der Waals surface area contributed by atoms with Gasteiger partial charge in [0.1, 0.15) is 23.5 Å². The van der Waals surface area contributed by atoms with Crippen LogP contribution >= 0.6 is 0 Å². The van der Waals surface area contributed by atoms with Crippen molar-refractivity contribution in [2.75, 3.05) is 0 Å². The first-order chi connectivity index (χ1) is 11.9. The van der Waals surface area contributed by atoms with Crippen LogP contribution in [0.25, 0.3) is 6.08 Å². The van der Waals surface area contributed by atoms with Crippen LogP contribution in [0, 0.1) is 39.7 Å². The normalized spacial score (nSPS) is 9.40. The molecule has 7 heteroatoms. The zero-order chi connectivity index (χ0) is 18.4. The molecular weight excluding hydrogens is 322 g/mol. The Labute approximate surface area is 143 Å². The second-order valence-corrected chi connectivity index (χ2v) is 5.00. The van der Waals surface area contributed by atoms with Gasteiger partial charge in [-0.3, -0.25) is 10.1 Å². The van der Waals surface area contributed by atoms with Gasteiger partial charge in [-0.25, -0.2) is 4.79 Å². The van der Waals surface area contributed by atoms with Crippen molar-refractivity contribution in [1.82, 2.24) is 0 Å². The Balaban J connectivity index is 2.18. The van der Waals surface area contributed by atoms with E-state index in [1.807, 2.05) is 0 Å². The van der Waals surface area contributed by atoms with Crippen molar-refractivity contribution in [3.05, 3.63) is 74.8 Å². The molecule has 0 bridgehead atoms. The van der Waals surface area contributed by atoms with Crippen LogP contribution < -0.4 is 4.74 Å². The lowest BCUT2D eigenvalue weighted by atomic mass is 10.1. The molecule has 0 aliphatic rings. The number of hydrogen-bond acceptors (Lipinski definition) is 6. The molecule has 0 aliphatic carbocycles. The van der Waals surface area contributed by atoms with Crippen molar-refractivity contribution < 1.29 is 14.5 Å². The third-order valence-corrected chi connectivity index (χ3v) is 3.28. The largest absolute Gasteiger partial charge is 0.423 e. The van der Waals surface area contributed by atoms with Gasteiger partial charge in [0.25, 0.3) is 5.69 Å². The minimum absolute atomic E-state index is 0.0447. The van der Waals surface area contributed by atoms with Crippen molar-refractivity contribution in [2.45, 2.75) is 6.92 Å². The molecule has 0 amide bonds. The summed E-state index contributed by atoms with van der Waals surface area (Å²) in [5.41, 5.74) is 0.914. The molecule has 0 saturated carbocycles. The van der Waals surface area contributed by atoms with Gasteiger partial charge in [0, 0.05) is 11.6 Å². The first-order valence-electron chi connectivity index (χ1n) is 7.04. The quantitative estimate of drug-likeness (QED) is 0.277. The highest BCUT2D eigenvalue weighted by Gasteiger charge is 2.16. The Bertz CT molecular complexity index is 932. The summed E-state index contributed by atoms with van der Waals surface area (Å²) in [6.07, 6.45) is 1.40. The summed E-state index contributed by atoms with van der Waals surface area (Å²) >= 11 is 0. The van der Waals surface area contributed by atoms with Gasteiger partial charge in [0.15, 0.2) is 0 Å². The molecule has 122 valence electrons. The Morgan fingerprint density at radius 3 is 2.36 bits per heavy atom. The second-order valence-electron chi connectivity index (χ2n) is 5.00. The number of aryl methyl sites for hydroxylation is 1. The van der Waals surface area contributed by atoms with Crippen molar-refractivity contribution in [1.29, 1.82) is 10.5 Å². The van der Waals surface area contributed by atoms with Crippen LogP contribution in [0.3, 0.4) is 0 Å². The lowest BCUT2D eigenvalue weighted by molar-refractivity contribution is -0.385. The number of nitro benzene ring substituents is 1. The van der Waals surface area contributed by atoms with Gasteiger partial charge < -0.3 is 4.74 Å². The first-order valence-corrected chi connectivity index (χ1v) is 7.04. The van der Waals surface area contributed by atoms with Crippen LogP contribution in [-0.4, -0.2) is 10.9 Å². The van der Waals surface area contributed by atoms with Gasteiger partial charge in [0.2, 0.25) is 0 Å². The Morgan fingerprint density at radius 2 is 1.80 bits per heavy atom. The first kappa shape index (κ1) is 17.4. The molecule has 2 aromatic carbocycles. The van der Waals surface area contributed by atoms with Gasteiger partial charge >= 0.3 is 5.97 Å². The third kappa shape index (κ3) is 4.27. The maximum Gasteiger partial charge on any atom is 0.343 e. The minimum Gasteiger partial charge on any atom is -0.423 e. The predicted octanol–water partition coefficient (Wildman–Crippen LogP) is 3.55. The van der Waals surface area contributed by atoms with Crippen molar-refractivity contribution in [2.24, 2.45) is 0 Å². The van der Waals surface area contributed by atoms with Gasteiger partial charge in [-0.05, 0) is 36.8 Å². The van der Waals surface area contributed by atoms with Crippen LogP contribution in [-0.2, 0) is 0 Å². The summed E-state index contributed by atoms with van der Waals surface area (Å²) in [7, 11) is 0. The van der Waals surface area contributed by atoms with Crippen LogP contribution in [0.2, 0.25) is 0 Å². The number of esters is 1. The fourth-order valence-corrected chi connectivity index (χ4v) is 1.99. The van der Waals surface area contributed by atoms with E-state index in [0.717, 1.165) is 0 Å². The molecule has 0 unspecified atom stereocenters. The van der Waals surface area contributed by atoms with E-state index in [4.69, 9.17) is 15.3 Å². The average Bonchev–Trinajstić information content (AvgIpc) is 2.61. The summed E-state index contributed by atoms with van der Waals surface area (Å²) in [6.45, 7) is 1.58. The lowest BCUT2D eigenvalue weighted by Gasteiger charge is -2.05. The van der Waals surface area contributed by atoms with Crippen LogP contribution in [0.5, 0.6) is 5.75 Å². The SMILES string of the molecule is Cc1ccc(C(=O)Oc2ccc(C=C(C#N)C#N)cc2)cc1[N+](=O)[O-]. The van der Waals surface area contributed by atoms with E-state index in [1.54, 1.807) is 31.2 Å². The molecule has 0 fully saturated rings. The van der Waals surface area contributed by atoms with E-state index in [0.29, 0.717) is 11.1 Å². The molecule has 0 aliphatic heterocycles. The van der Waals surface area contributed by atoms with E-state index in [9.17, 15) is 14.9 Å². The number of nitro groups is 1. The number of carbonyl (C=O) groups excluding carboxylic acids is 1. The molecule has 0 aromatic heterocycles. The van der Waals surface area contributed by atoms with Gasteiger partial charge in [0.05, 0.1) is 10.5 Å². The highest BCUT2D eigenvalue weighted by Crippen LogP contribution is 2.21. The number of nitriles is 2. The Hall–Kier alpha value is -3.97.